The number of carbonyl (C=O) groups is 1. The summed E-state index contributed by atoms with van der Waals surface area (Å²) in [6.07, 6.45) is -10.5. The van der Waals surface area contributed by atoms with Gasteiger partial charge in [0.25, 0.3) is 0 Å². The van der Waals surface area contributed by atoms with Gasteiger partial charge in [-0.05, 0) is 12.1 Å². The standard InChI is InChI=1S/C10H7F8NO2/c11-8(12,13)5-19(4-6-2-1-3-21-6)7(20)9(14,15)10(16,17)18/h1-3H,4-5H2. The van der Waals surface area contributed by atoms with E-state index in [4.69, 9.17) is 0 Å². The highest BCUT2D eigenvalue weighted by molar-refractivity contribution is 5.84. The summed E-state index contributed by atoms with van der Waals surface area (Å²) in [7, 11) is 0. The van der Waals surface area contributed by atoms with Crippen LogP contribution >= 0.6 is 0 Å². The van der Waals surface area contributed by atoms with Gasteiger partial charge >= 0.3 is 24.2 Å². The fraction of sp³-hybridized carbons (Fsp3) is 0.500. The highest BCUT2D eigenvalue weighted by Gasteiger charge is 2.65. The van der Waals surface area contributed by atoms with Crippen molar-refractivity contribution < 1.29 is 44.3 Å². The predicted molar refractivity (Wildman–Crippen MR) is 51.2 cm³/mol. The zero-order valence-corrected chi connectivity index (χ0v) is 9.93. The first kappa shape index (κ1) is 17.2. The molecule has 1 heterocycles. The van der Waals surface area contributed by atoms with E-state index in [1.807, 2.05) is 0 Å². The average molecular weight is 325 g/mol. The van der Waals surface area contributed by atoms with Crippen molar-refractivity contribution in [3.05, 3.63) is 24.2 Å². The van der Waals surface area contributed by atoms with E-state index in [0.717, 1.165) is 12.3 Å². The fourth-order valence-corrected chi connectivity index (χ4v) is 1.33. The second-order valence-corrected chi connectivity index (χ2v) is 3.93. The molecule has 0 aliphatic carbocycles. The zero-order chi connectivity index (χ0) is 16.5. The Morgan fingerprint density at radius 2 is 1.67 bits per heavy atom. The number of carbonyl (C=O) groups excluding carboxylic acids is 1. The molecule has 120 valence electrons. The molecule has 0 unspecified atom stereocenters. The van der Waals surface area contributed by atoms with Crippen molar-refractivity contribution in [2.24, 2.45) is 0 Å². The number of furan rings is 1. The number of halogens is 8. The molecule has 1 rings (SSSR count). The molecule has 1 amide bonds. The lowest BCUT2D eigenvalue weighted by atomic mass is 10.2. The molecule has 0 aliphatic heterocycles. The smallest absolute Gasteiger partial charge is 0.463 e. The molecule has 0 saturated carbocycles. The Morgan fingerprint density at radius 1 is 1.10 bits per heavy atom. The van der Waals surface area contributed by atoms with E-state index in [0.29, 0.717) is 0 Å². The van der Waals surface area contributed by atoms with Gasteiger partial charge in [-0.15, -0.1) is 0 Å². The van der Waals surface area contributed by atoms with Crippen molar-refractivity contribution in [2.75, 3.05) is 6.54 Å². The minimum atomic E-state index is -6.29. The number of nitrogens with zero attached hydrogens (tertiary/aromatic N) is 1. The van der Waals surface area contributed by atoms with Crippen LogP contribution in [0.3, 0.4) is 0 Å². The first-order chi connectivity index (χ1) is 9.34. The molecule has 11 heteroatoms. The maximum Gasteiger partial charge on any atom is 0.463 e. The molecule has 21 heavy (non-hydrogen) atoms. The van der Waals surface area contributed by atoms with E-state index in [1.165, 1.54) is 6.07 Å². The van der Waals surface area contributed by atoms with E-state index in [1.54, 1.807) is 0 Å². The number of hydrogen-bond donors (Lipinski definition) is 0. The van der Waals surface area contributed by atoms with Crippen LogP contribution in [0.4, 0.5) is 35.1 Å². The third-order valence-electron chi connectivity index (χ3n) is 2.21. The highest BCUT2D eigenvalue weighted by Crippen LogP contribution is 2.37. The summed E-state index contributed by atoms with van der Waals surface area (Å²) < 4.78 is 103. The van der Waals surface area contributed by atoms with Crippen molar-refractivity contribution in [1.29, 1.82) is 0 Å². The molecule has 0 atom stereocenters. The van der Waals surface area contributed by atoms with Gasteiger partial charge in [-0.2, -0.15) is 35.1 Å². The molecule has 1 aromatic heterocycles. The lowest BCUT2D eigenvalue weighted by Crippen LogP contribution is -2.53. The van der Waals surface area contributed by atoms with Gasteiger partial charge in [-0.25, -0.2) is 0 Å². The van der Waals surface area contributed by atoms with Crippen LogP contribution in [0.5, 0.6) is 0 Å². The predicted octanol–water partition coefficient (Wildman–Crippen LogP) is 3.37. The summed E-state index contributed by atoms with van der Waals surface area (Å²) in [5, 5.41) is 0. The third kappa shape index (κ3) is 4.33. The first-order valence-electron chi connectivity index (χ1n) is 5.17. The van der Waals surface area contributed by atoms with Gasteiger partial charge in [0.1, 0.15) is 12.3 Å². The van der Waals surface area contributed by atoms with E-state index >= 15 is 0 Å². The normalized spacial score (nSPS) is 13.3. The summed E-state index contributed by atoms with van der Waals surface area (Å²) in [6.45, 7) is -3.44. The van der Waals surface area contributed by atoms with Crippen LogP contribution in [0.15, 0.2) is 22.8 Å². The van der Waals surface area contributed by atoms with Gasteiger partial charge in [-0.1, -0.05) is 0 Å². The highest BCUT2D eigenvalue weighted by atomic mass is 19.4. The lowest BCUT2D eigenvalue weighted by molar-refractivity contribution is -0.277. The SMILES string of the molecule is O=C(N(Cc1ccco1)CC(F)(F)F)C(F)(F)C(F)(F)F. The second-order valence-electron chi connectivity index (χ2n) is 3.93. The van der Waals surface area contributed by atoms with Crippen LogP contribution < -0.4 is 0 Å². The van der Waals surface area contributed by atoms with Crippen LogP contribution in [0.1, 0.15) is 5.76 Å². The summed E-state index contributed by atoms with van der Waals surface area (Å²) in [6, 6.07) is 2.20. The Hall–Kier alpha value is -1.81. The van der Waals surface area contributed by atoms with E-state index in [2.05, 4.69) is 4.42 Å². The molecule has 0 aliphatic rings. The Kier molecular flexibility index (Phi) is 4.54. The minimum absolute atomic E-state index is 0.370. The first-order valence-corrected chi connectivity index (χ1v) is 5.17. The van der Waals surface area contributed by atoms with Gasteiger partial charge in [-0.3, -0.25) is 4.79 Å². The molecular formula is C10H7F8NO2. The van der Waals surface area contributed by atoms with Crippen LogP contribution in [0.25, 0.3) is 0 Å². The Labute approximate surface area is 112 Å². The van der Waals surface area contributed by atoms with Crippen molar-refractivity contribution in [3.63, 3.8) is 0 Å². The molecule has 0 saturated heterocycles. The van der Waals surface area contributed by atoms with Crippen LogP contribution in [-0.2, 0) is 11.3 Å². The monoisotopic (exact) mass is 325 g/mol. The van der Waals surface area contributed by atoms with Gasteiger partial charge < -0.3 is 9.32 Å². The average Bonchev–Trinajstić information content (AvgIpc) is 2.76. The molecule has 0 bridgehead atoms. The summed E-state index contributed by atoms with van der Waals surface area (Å²) >= 11 is 0. The lowest BCUT2D eigenvalue weighted by Gasteiger charge is -2.28. The van der Waals surface area contributed by atoms with Crippen molar-refractivity contribution in [2.45, 2.75) is 24.8 Å². The Balaban J connectivity index is 3.03. The van der Waals surface area contributed by atoms with Crippen LogP contribution in [0, 0.1) is 0 Å². The Morgan fingerprint density at radius 3 is 2.05 bits per heavy atom. The van der Waals surface area contributed by atoms with Crippen molar-refractivity contribution in [3.8, 4) is 0 Å². The van der Waals surface area contributed by atoms with Crippen LogP contribution in [-0.4, -0.2) is 35.6 Å². The van der Waals surface area contributed by atoms with Gasteiger partial charge in [0.15, 0.2) is 0 Å². The molecule has 0 spiro atoms. The molecule has 3 nitrogen and oxygen atoms in total. The summed E-state index contributed by atoms with van der Waals surface area (Å²) in [5.41, 5.74) is 0. The molecule has 0 fully saturated rings. The van der Waals surface area contributed by atoms with E-state index in [9.17, 15) is 39.9 Å². The number of hydrogen-bond acceptors (Lipinski definition) is 2. The molecule has 0 N–H and O–H groups in total. The minimum Gasteiger partial charge on any atom is -0.467 e. The summed E-state index contributed by atoms with van der Waals surface area (Å²) in [4.78, 5) is 10.5. The molecule has 0 radical (unpaired) electrons. The maximum absolute atomic E-state index is 12.9. The molecular weight excluding hydrogens is 318 g/mol. The zero-order valence-electron chi connectivity index (χ0n) is 9.93. The van der Waals surface area contributed by atoms with E-state index < -0.39 is 42.2 Å². The van der Waals surface area contributed by atoms with E-state index in [-0.39, 0.29) is 5.76 Å². The number of alkyl halides is 8. The van der Waals surface area contributed by atoms with Crippen LogP contribution in [0.2, 0.25) is 0 Å². The van der Waals surface area contributed by atoms with Gasteiger partial charge in [0, 0.05) is 0 Å². The van der Waals surface area contributed by atoms with Crippen molar-refractivity contribution in [1.82, 2.24) is 4.90 Å². The molecule has 0 aromatic carbocycles. The Bertz CT molecular complexity index is 476. The molecule has 1 aromatic rings. The quantitative estimate of drug-likeness (QED) is 0.796. The topological polar surface area (TPSA) is 33.5 Å². The fourth-order valence-electron chi connectivity index (χ4n) is 1.33. The number of rotatable bonds is 4. The van der Waals surface area contributed by atoms with Gasteiger partial charge in [0.05, 0.1) is 12.8 Å². The second kappa shape index (κ2) is 5.53. The number of amides is 1. The largest absolute Gasteiger partial charge is 0.467 e. The summed E-state index contributed by atoms with van der Waals surface area (Å²) in [5.74, 6) is -9.29. The third-order valence-corrected chi connectivity index (χ3v) is 2.21. The van der Waals surface area contributed by atoms with Crippen molar-refractivity contribution >= 4 is 5.91 Å². The van der Waals surface area contributed by atoms with Gasteiger partial charge in [0.2, 0.25) is 0 Å². The maximum atomic E-state index is 12.9.